The number of unbranched alkanes of at least 4 members (excludes halogenated alkanes) is 1. The first-order valence-corrected chi connectivity index (χ1v) is 17.1. The van der Waals surface area contributed by atoms with Crippen molar-refractivity contribution in [3.8, 4) is 0 Å². The van der Waals surface area contributed by atoms with Crippen molar-refractivity contribution in [2.75, 3.05) is 0 Å². The number of carbonyl (C=O) groups excluding carboxylic acids is 1. The molecule has 0 aliphatic carbocycles. The van der Waals surface area contributed by atoms with Gasteiger partial charge in [-0.1, -0.05) is 109 Å². The minimum atomic E-state index is -1.41. The molecule has 0 amide bonds. The molecule has 2 aromatic rings. The zero-order valence-electron chi connectivity index (χ0n) is 22.5. The SMILES string of the molecule is CCCCC(CC(=O)C[Si](C)(C)C)c1cccc(C(O[SiH3])(c2ccccc2)C(C)(C)C)c1C. The Morgan fingerprint density at radius 3 is 2.18 bits per heavy atom. The first-order valence-electron chi connectivity index (χ1n) is 12.6. The van der Waals surface area contributed by atoms with E-state index in [1.165, 1.54) is 22.3 Å². The summed E-state index contributed by atoms with van der Waals surface area (Å²) >= 11 is 0. The molecule has 182 valence electrons. The fourth-order valence-electron chi connectivity index (χ4n) is 5.43. The molecule has 0 heterocycles. The molecule has 0 N–H and O–H groups in total. The Bertz CT molecular complexity index is 909. The van der Waals surface area contributed by atoms with Crippen LogP contribution in [0.3, 0.4) is 0 Å². The molecule has 0 bridgehead atoms. The second kappa shape index (κ2) is 11.3. The van der Waals surface area contributed by atoms with Crippen molar-refractivity contribution in [2.45, 2.75) is 97.5 Å². The molecular formula is C29H46O2Si2. The van der Waals surface area contributed by atoms with E-state index in [2.05, 4.69) is 103 Å². The molecule has 0 spiro atoms. The lowest BCUT2D eigenvalue weighted by molar-refractivity contribution is -0.117. The van der Waals surface area contributed by atoms with Gasteiger partial charge in [0.15, 0.2) is 0 Å². The highest BCUT2D eigenvalue weighted by molar-refractivity contribution is 6.78. The third-order valence-corrected chi connectivity index (χ3v) is 8.91. The van der Waals surface area contributed by atoms with Crippen molar-refractivity contribution in [1.29, 1.82) is 0 Å². The van der Waals surface area contributed by atoms with Crippen LogP contribution < -0.4 is 0 Å². The Kier molecular flexibility index (Phi) is 9.49. The summed E-state index contributed by atoms with van der Waals surface area (Å²) in [5.41, 5.74) is 4.41. The smallest absolute Gasteiger partial charge is 0.147 e. The summed E-state index contributed by atoms with van der Waals surface area (Å²) in [5.74, 6) is 0.709. The van der Waals surface area contributed by atoms with Gasteiger partial charge in [0.25, 0.3) is 0 Å². The number of hydrogen-bond donors (Lipinski definition) is 0. The summed E-state index contributed by atoms with van der Waals surface area (Å²) in [6.07, 6.45) is 4.02. The van der Waals surface area contributed by atoms with Crippen molar-refractivity contribution in [3.63, 3.8) is 0 Å². The van der Waals surface area contributed by atoms with Crippen LogP contribution in [0.1, 0.15) is 81.5 Å². The second-order valence-corrected chi connectivity index (χ2v) is 17.7. The highest BCUT2D eigenvalue weighted by atomic mass is 28.3. The van der Waals surface area contributed by atoms with Crippen molar-refractivity contribution in [2.24, 2.45) is 5.41 Å². The molecule has 0 aliphatic rings. The van der Waals surface area contributed by atoms with E-state index in [1.54, 1.807) is 0 Å². The second-order valence-electron chi connectivity index (χ2n) is 11.8. The van der Waals surface area contributed by atoms with Crippen molar-refractivity contribution in [1.82, 2.24) is 0 Å². The van der Waals surface area contributed by atoms with Gasteiger partial charge in [0.05, 0.1) is 8.07 Å². The largest absolute Gasteiger partial charge is 0.414 e. The van der Waals surface area contributed by atoms with Gasteiger partial charge >= 0.3 is 0 Å². The van der Waals surface area contributed by atoms with E-state index >= 15 is 0 Å². The number of ketones is 1. The zero-order chi connectivity index (χ0) is 24.9. The number of Topliss-reactive ketones (excluding diaryl/α,β-unsaturated/α-hetero) is 1. The van der Waals surface area contributed by atoms with Gasteiger partial charge in [0.1, 0.15) is 21.9 Å². The monoisotopic (exact) mass is 482 g/mol. The first-order chi connectivity index (χ1) is 15.4. The summed E-state index contributed by atoms with van der Waals surface area (Å²) in [6, 6.07) is 18.1. The number of hydrogen-bond acceptors (Lipinski definition) is 2. The molecule has 2 unspecified atom stereocenters. The summed E-state index contributed by atoms with van der Waals surface area (Å²) in [4.78, 5) is 13.1. The molecule has 4 heteroatoms. The lowest BCUT2D eigenvalue weighted by Crippen LogP contribution is -2.44. The molecule has 0 fully saturated rings. The minimum absolute atomic E-state index is 0.133. The highest BCUT2D eigenvalue weighted by Crippen LogP contribution is 2.49. The Hall–Kier alpha value is -1.50. The van der Waals surface area contributed by atoms with Crippen LogP contribution in [0, 0.1) is 12.3 Å². The lowest BCUT2D eigenvalue weighted by atomic mass is 9.66. The maximum Gasteiger partial charge on any atom is 0.147 e. The highest BCUT2D eigenvalue weighted by Gasteiger charge is 2.46. The lowest BCUT2D eigenvalue weighted by Gasteiger charge is -2.46. The molecule has 2 aromatic carbocycles. The van der Waals surface area contributed by atoms with Crippen molar-refractivity contribution in [3.05, 3.63) is 70.8 Å². The molecule has 0 saturated carbocycles. The number of benzene rings is 2. The fraction of sp³-hybridized carbons (Fsp3) is 0.552. The summed E-state index contributed by atoms with van der Waals surface area (Å²) in [6.45, 7) is 18.2. The zero-order valence-corrected chi connectivity index (χ0v) is 25.5. The van der Waals surface area contributed by atoms with Crippen molar-refractivity contribution >= 4 is 24.3 Å². The predicted molar refractivity (Wildman–Crippen MR) is 149 cm³/mol. The van der Waals surface area contributed by atoms with Crippen LogP contribution in [-0.2, 0) is 14.8 Å². The minimum Gasteiger partial charge on any atom is -0.414 e. The van der Waals surface area contributed by atoms with Crippen LogP contribution in [-0.4, -0.2) is 24.3 Å². The van der Waals surface area contributed by atoms with Gasteiger partial charge in [-0.25, -0.2) is 0 Å². The maximum absolute atomic E-state index is 13.1. The fourth-order valence-corrected chi connectivity index (χ4v) is 7.83. The summed E-state index contributed by atoms with van der Waals surface area (Å²) in [7, 11) is -0.779. The van der Waals surface area contributed by atoms with E-state index in [1.807, 2.05) is 0 Å². The van der Waals surface area contributed by atoms with E-state index < -0.39 is 13.7 Å². The third-order valence-electron chi connectivity index (χ3n) is 6.85. The maximum atomic E-state index is 13.1. The normalized spacial score (nSPS) is 15.3. The van der Waals surface area contributed by atoms with Gasteiger partial charge in [0.2, 0.25) is 0 Å². The third kappa shape index (κ3) is 6.55. The molecule has 0 aromatic heterocycles. The summed E-state index contributed by atoms with van der Waals surface area (Å²) in [5, 5.41) is 0. The van der Waals surface area contributed by atoms with Crippen LogP contribution >= 0.6 is 0 Å². The van der Waals surface area contributed by atoms with Crippen molar-refractivity contribution < 1.29 is 9.22 Å². The molecule has 33 heavy (non-hydrogen) atoms. The van der Waals surface area contributed by atoms with Gasteiger partial charge in [-0.2, -0.15) is 0 Å². The van der Waals surface area contributed by atoms with E-state index in [-0.39, 0.29) is 11.3 Å². The topological polar surface area (TPSA) is 26.3 Å². The average molecular weight is 483 g/mol. The van der Waals surface area contributed by atoms with Crippen LogP contribution in [0.25, 0.3) is 0 Å². The number of rotatable bonds is 11. The standard InChI is InChI=1S/C29H46O2Si2/c1-9-10-15-23(20-25(30)21-33(6,7)8)26-18-14-19-27(22(26)2)29(31-32,28(3,4)5)24-16-12-11-13-17-24/h11-14,16-19,23H,9-10,15,20-21H2,1-8,32H3. The Morgan fingerprint density at radius 1 is 1.03 bits per heavy atom. The van der Waals surface area contributed by atoms with E-state index in [9.17, 15) is 4.79 Å². The van der Waals surface area contributed by atoms with E-state index in [0.29, 0.717) is 22.7 Å². The molecular weight excluding hydrogens is 436 g/mol. The predicted octanol–water partition coefficient (Wildman–Crippen LogP) is 7.15. The van der Waals surface area contributed by atoms with Crippen LogP contribution in [0.15, 0.2) is 48.5 Å². The summed E-state index contributed by atoms with van der Waals surface area (Å²) < 4.78 is 6.60. The molecule has 2 atom stereocenters. The van der Waals surface area contributed by atoms with Gasteiger partial charge in [-0.05, 0) is 46.9 Å². The van der Waals surface area contributed by atoms with Gasteiger partial charge in [-0.3, -0.25) is 0 Å². The van der Waals surface area contributed by atoms with Gasteiger partial charge in [-0.15, -0.1) is 0 Å². The Morgan fingerprint density at radius 2 is 1.67 bits per heavy atom. The average Bonchev–Trinajstić information content (AvgIpc) is 2.71. The number of carbonyl (C=O) groups is 1. The molecule has 2 nitrogen and oxygen atoms in total. The molecule has 0 aliphatic heterocycles. The molecule has 0 radical (unpaired) electrons. The van der Waals surface area contributed by atoms with Crippen LogP contribution in [0.5, 0.6) is 0 Å². The Labute approximate surface area is 207 Å². The van der Waals surface area contributed by atoms with Gasteiger partial charge in [0, 0.05) is 12.5 Å². The van der Waals surface area contributed by atoms with Crippen LogP contribution in [0.2, 0.25) is 25.7 Å². The quantitative estimate of drug-likeness (QED) is 0.318. The van der Waals surface area contributed by atoms with E-state index in [0.717, 1.165) is 25.3 Å². The first kappa shape index (κ1) is 27.7. The van der Waals surface area contributed by atoms with Crippen LogP contribution in [0.4, 0.5) is 0 Å². The molecule has 2 rings (SSSR count). The van der Waals surface area contributed by atoms with Gasteiger partial charge < -0.3 is 9.22 Å². The Balaban J connectivity index is 2.63. The molecule has 0 saturated heterocycles. The van der Waals surface area contributed by atoms with E-state index in [4.69, 9.17) is 4.43 Å².